The van der Waals surface area contributed by atoms with Crippen LogP contribution in [0.2, 0.25) is 0 Å². The normalized spacial score (nSPS) is 13.2. The number of hydrogen-bond donors (Lipinski definition) is 0. The first-order valence-electron chi connectivity index (χ1n) is 33.6. The van der Waals surface area contributed by atoms with Gasteiger partial charge in [0.25, 0.3) is 0 Å². The Labute approximate surface area is 511 Å². The van der Waals surface area contributed by atoms with Gasteiger partial charge in [-0.1, -0.05) is 274 Å². The molecular formula is C77H122O6. The van der Waals surface area contributed by atoms with E-state index in [1.165, 1.54) is 77.0 Å². The Morgan fingerprint density at radius 2 is 0.470 bits per heavy atom. The van der Waals surface area contributed by atoms with Gasteiger partial charge in [-0.05, 0) is 154 Å². The SMILES string of the molecule is CC/C=C\C/C=C\C/C=C\C/C=C\C/C=C\C/C=C\C/C=C\C/C=C\C/C=C\C/C=C\CCCCCCC(=O)OCC(COC(=O)CCCCC/C=C\C/C=C\C/C=C\CC)OC(=O)CCCCCCCCC/C=C\CCCCCCCC. The predicted molar refractivity (Wildman–Crippen MR) is 361 cm³/mol. The molecule has 0 aliphatic heterocycles. The Morgan fingerprint density at radius 1 is 0.253 bits per heavy atom. The first-order valence-corrected chi connectivity index (χ1v) is 33.6. The van der Waals surface area contributed by atoms with Gasteiger partial charge in [-0.15, -0.1) is 0 Å². The van der Waals surface area contributed by atoms with E-state index in [1.807, 2.05) is 0 Å². The van der Waals surface area contributed by atoms with Crippen LogP contribution in [0, 0.1) is 0 Å². The fourth-order valence-corrected chi connectivity index (χ4v) is 8.71. The minimum absolute atomic E-state index is 0.109. The van der Waals surface area contributed by atoms with Crippen molar-refractivity contribution in [3.63, 3.8) is 0 Å². The minimum Gasteiger partial charge on any atom is -0.462 e. The molecule has 6 nitrogen and oxygen atoms in total. The number of rotatable bonds is 59. The monoisotopic (exact) mass is 1140 g/mol. The number of ether oxygens (including phenoxy) is 3. The zero-order chi connectivity index (χ0) is 59.9. The van der Waals surface area contributed by atoms with Gasteiger partial charge in [0.2, 0.25) is 0 Å². The van der Waals surface area contributed by atoms with Crippen molar-refractivity contribution >= 4 is 17.9 Å². The smallest absolute Gasteiger partial charge is 0.306 e. The van der Waals surface area contributed by atoms with Crippen LogP contribution in [-0.2, 0) is 28.6 Å². The van der Waals surface area contributed by atoms with Crippen molar-refractivity contribution in [1.82, 2.24) is 0 Å². The first kappa shape index (κ1) is 77.8. The molecule has 0 saturated carbocycles. The van der Waals surface area contributed by atoms with E-state index in [4.69, 9.17) is 14.2 Å². The second-order valence-electron chi connectivity index (χ2n) is 21.6. The summed E-state index contributed by atoms with van der Waals surface area (Å²) in [4.78, 5) is 38.3. The molecule has 0 radical (unpaired) electrons. The quantitative estimate of drug-likeness (QED) is 0.0261. The number of esters is 3. The first-order chi connectivity index (χ1) is 41.0. The van der Waals surface area contributed by atoms with Crippen LogP contribution < -0.4 is 0 Å². The summed E-state index contributed by atoms with van der Waals surface area (Å²) in [5.74, 6) is -0.968. The van der Waals surface area contributed by atoms with E-state index in [-0.39, 0.29) is 31.1 Å². The van der Waals surface area contributed by atoms with Crippen LogP contribution in [-0.4, -0.2) is 37.2 Å². The van der Waals surface area contributed by atoms with E-state index in [1.54, 1.807) is 0 Å². The molecule has 466 valence electrons. The number of unbranched alkanes of at least 4 members (excludes halogenated alkanes) is 20. The average Bonchev–Trinajstić information content (AvgIpc) is 3.49. The summed E-state index contributed by atoms with van der Waals surface area (Å²) in [5, 5.41) is 0. The molecular weight excluding hydrogens is 1020 g/mol. The van der Waals surface area contributed by atoms with Crippen LogP contribution in [0.25, 0.3) is 0 Å². The van der Waals surface area contributed by atoms with E-state index in [9.17, 15) is 14.4 Å². The molecule has 0 fully saturated rings. The molecule has 6 heteroatoms. The van der Waals surface area contributed by atoms with E-state index < -0.39 is 6.10 Å². The summed E-state index contributed by atoms with van der Waals surface area (Å²) in [6.45, 7) is 6.35. The molecule has 0 aromatic carbocycles. The molecule has 1 unspecified atom stereocenters. The molecule has 0 bridgehead atoms. The summed E-state index contributed by atoms with van der Waals surface area (Å²) in [7, 11) is 0. The summed E-state index contributed by atoms with van der Waals surface area (Å²) >= 11 is 0. The van der Waals surface area contributed by atoms with E-state index in [2.05, 4.69) is 191 Å². The Bertz CT molecular complexity index is 1890. The second kappa shape index (κ2) is 69.3. The predicted octanol–water partition coefficient (Wildman–Crippen LogP) is 23.4. The summed E-state index contributed by atoms with van der Waals surface area (Å²) in [5.41, 5.74) is 0. The van der Waals surface area contributed by atoms with Crippen molar-refractivity contribution in [3.05, 3.63) is 170 Å². The molecule has 0 aromatic heterocycles. The molecule has 0 spiro atoms. The maximum absolute atomic E-state index is 12.9. The Hall–Kier alpha value is -5.23. The van der Waals surface area contributed by atoms with Crippen LogP contribution >= 0.6 is 0 Å². The second-order valence-corrected chi connectivity index (χ2v) is 21.6. The molecule has 0 rings (SSSR count). The van der Waals surface area contributed by atoms with Crippen molar-refractivity contribution in [2.75, 3.05) is 13.2 Å². The van der Waals surface area contributed by atoms with Gasteiger partial charge in [-0.25, -0.2) is 0 Å². The Kier molecular flexibility index (Phi) is 64.9. The molecule has 0 saturated heterocycles. The van der Waals surface area contributed by atoms with Crippen molar-refractivity contribution in [3.8, 4) is 0 Å². The van der Waals surface area contributed by atoms with Crippen LogP contribution in [0.1, 0.15) is 278 Å². The van der Waals surface area contributed by atoms with Gasteiger partial charge in [0.05, 0.1) is 0 Å². The highest BCUT2D eigenvalue weighted by Gasteiger charge is 2.19. The third-order valence-corrected chi connectivity index (χ3v) is 13.7. The minimum atomic E-state index is -0.812. The van der Waals surface area contributed by atoms with Gasteiger partial charge >= 0.3 is 17.9 Å². The third kappa shape index (κ3) is 67.4. The fraction of sp³-hybridized carbons (Fsp3) is 0.597. The lowest BCUT2D eigenvalue weighted by atomic mass is 10.1. The van der Waals surface area contributed by atoms with Crippen LogP contribution in [0.15, 0.2) is 170 Å². The molecule has 0 amide bonds. The maximum Gasteiger partial charge on any atom is 0.306 e. The van der Waals surface area contributed by atoms with Gasteiger partial charge in [0, 0.05) is 19.3 Å². The topological polar surface area (TPSA) is 78.9 Å². The van der Waals surface area contributed by atoms with Crippen molar-refractivity contribution in [1.29, 1.82) is 0 Å². The molecule has 0 heterocycles. The lowest BCUT2D eigenvalue weighted by Gasteiger charge is -2.18. The molecule has 1 atom stereocenters. The highest BCUT2D eigenvalue weighted by atomic mass is 16.6. The Morgan fingerprint density at radius 3 is 0.759 bits per heavy atom. The maximum atomic E-state index is 12.9. The van der Waals surface area contributed by atoms with Crippen LogP contribution in [0.5, 0.6) is 0 Å². The number of hydrogen-bond acceptors (Lipinski definition) is 6. The van der Waals surface area contributed by atoms with E-state index in [0.717, 1.165) is 161 Å². The number of carbonyl (C=O) groups is 3. The molecule has 0 aliphatic rings. The molecule has 0 aliphatic carbocycles. The summed E-state index contributed by atoms with van der Waals surface area (Å²) in [6, 6.07) is 0. The third-order valence-electron chi connectivity index (χ3n) is 13.7. The standard InChI is InChI=1S/C77H122O6/c1-4-7-10-13-16-19-22-25-27-29-30-31-32-33-34-35-36-37-38-39-40-41-42-43-44-45-46-48-49-52-55-58-61-64-67-70-76(79)82-73-74(72-81-75(78)69-66-63-60-57-54-51-24-21-18-15-12-9-6-3)83-77(80)71-68-65-62-59-56-53-50-47-28-26-23-20-17-14-11-8-5-2/h7,9-10,12,16,18-19,21,25-28,30-31,33-34,36-37,39-40,42-43,45-46,49,51-52,54,74H,4-6,8,11,13-15,17,20,22-24,29,32,35,38,41,44,47-48,50,53,55-73H2,1-3H3/b10-7-,12-9-,19-16-,21-18-,27-25-,28-26-,31-30-,34-33-,37-36-,40-39-,43-42-,46-45-,52-49-,54-51-. The van der Waals surface area contributed by atoms with Gasteiger partial charge in [-0.2, -0.15) is 0 Å². The Balaban J connectivity index is 4.36. The lowest BCUT2D eigenvalue weighted by Crippen LogP contribution is -2.30. The van der Waals surface area contributed by atoms with Gasteiger partial charge in [-0.3, -0.25) is 14.4 Å². The molecule has 0 aromatic rings. The van der Waals surface area contributed by atoms with E-state index in [0.29, 0.717) is 19.3 Å². The average molecular weight is 1140 g/mol. The van der Waals surface area contributed by atoms with E-state index >= 15 is 0 Å². The van der Waals surface area contributed by atoms with Crippen molar-refractivity contribution in [2.45, 2.75) is 284 Å². The summed E-state index contributed by atoms with van der Waals surface area (Å²) < 4.78 is 16.9. The highest BCUT2D eigenvalue weighted by molar-refractivity contribution is 5.71. The zero-order valence-electron chi connectivity index (χ0n) is 53.4. The van der Waals surface area contributed by atoms with Crippen LogP contribution in [0.3, 0.4) is 0 Å². The van der Waals surface area contributed by atoms with Crippen LogP contribution in [0.4, 0.5) is 0 Å². The largest absolute Gasteiger partial charge is 0.462 e. The molecule has 0 N–H and O–H groups in total. The van der Waals surface area contributed by atoms with Gasteiger partial charge < -0.3 is 14.2 Å². The number of carbonyl (C=O) groups excluding carboxylic acids is 3. The zero-order valence-corrected chi connectivity index (χ0v) is 53.4. The summed E-state index contributed by atoms with van der Waals surface area (Å²) in [6.07, 6.45) is 102. The van der Waals surface area contributed by atoms with Crippen molar-refractivity contribution in [2.24, 2.45) is 0 Å². The fourth-order valence-electron chi connectivity index (χ4n) is 8.71. The van der Waals surface area contributed by atoms with Crippen molar-refractivity contribution < 1.29 is 28.6 Å². The van der Waals surface area contributed by atoms with Gasteiger partial charge in [0.15, 0.2) is 6.10 Å². The highest BCUT2D eigenvalue weighted by Crippen LogP contribution is 2.14. The molecule has 83 heavy (non-hydrogen) atoms. The number of allylic oxidation sites excluding steroid dienone is 28. The lowest BCUT2D eigenvalue weighted by molar-refractivity contribution is -0.167. The van der Waals surface area contributed by atoms with Gasteiger partial charge in [0.1, 0.15) is 13.2 Å².